The van der Waals surface area contributed by atoms with Gasteiger partial charge in [0, 0.05) is 18.8 Å². The Morgan fingerprint density at radius 2 is 1.90 bits per heavy atom. The summed E-state index contributed by atoms with van der Waals surface area (Å²) in [5.74, 6) is -0.268. The summed E-state index contributed by atoms with van der Waals surface area (Å²) >= 11 is 0. The third-order valence-electron chi connectivity index (χ3n) is 5.93. The van der Waals surface area contributed by atoms with E-state index in [1.165, 1.54) is 5.56 Å². The number of nitrogens with one attached hydrogen (secondary N) is 1. The lowest BCUT2D eigenvalue weighted by molar-refractivity contribution is 0.0919. The van der Waals surface area contributed by atoms with Crippen LogP contribution in [0.5, 0.6) is 0 Å². The van der Waals surface area contributed by atoms with Crippen LogP contribution in [0.3, 0.4) is 0 Å². The van der Waals surface area contributed by atoms with Crippen LogP contribution in [0.25, 0.3) is 0 Å². The number of hydrogen-bond donors (Lipinski definition) is 1. The Hall–Kier alpha value is -3.22. The van der Waals surface area contributed by atoms with Gasteiger partial charge < -0.3 is 9.88 Å². The Bertz CT molecular complexity index is 1040. The number of nitrogens with zero attached hydrogens (tertiary/aromatic N) is 4. The molecular weight excluding hydrogens is 378 g/mol. The molecule has 1 aliphatic rings. The molecule has 1 fully saturated rings. The van der Waals surface area contributed by atoms with Gasteiger partial charge in [-0.2, -0.15) is 5.10 Å². The average molecular weight is 406 g/mol. The Balaban J connectivity index is 1.40. The van der Waals surface area contributed by atoms with Gasteiger partial charge in [-0.15, -0.1) is 0 Å². The van der Waals surface area contributed by atoms with E-state index in [-0.39, 0.29) is 23.1 Å². The van der Waals surface area contributed by atoms with Crippen LogP contribution in [0.1, 0.15) is 53.2 Å². The van der Waals surface area contributed by atoms with Crippen molar-refractivity contribution in [2.45, 2.75) is 57.7 Å². The van der Waals surface area contributed by atoms with Crippen LogP contribution in [-0.4, -0.2) is 31.3 Å². The molecule has 0 aliphatic heterocycles. The molecule has 0 spiro atoms. The van der Waals surface area contributed by atoms with Gasteiger partial charge in [0.05, 0.1) is 6.04 Å². The SMILES string of the molecule is Cc1ccn(CCc2ccccc2)c(=O)c1C(=O)NC1CCC(n2cncn2)CC1. The molecule has 2 aromatic heterocycles. The van der Waals surface area contributed by atoms with Crippen LogP contribution in [0.15, 0.2) is 60.0 Å². The molecular formula is C23H27N5O2. The minimum absolute atomic E-state index is 0.0778. The molecule has 0 saturated heterocycles. The third kappa shape index (κ3) is 4.50. The molecule has 7 nitrogen and oxygen atoms in total. The fraction of sp³-hybridized carbons (Fsp3) is 0.391. The van der Waals surface area contributed by atoms with Gasteiger partial charge in [0.15, 0.2) is 0 Å². The number of carbonyl (C=O) groups is 1. The van der Waals surface area contributed by atoms with E-state index >= 15 is 0 Å². The molecule has 0 unspecified atom stereocenters. The predicted molar refractivity (Wildman–Crippen MR) is 114 cm³/mol. The molecule has 4 rings (SSSR count). The number of amides is 1. The van der Waals surface area contributed by atoms with Gasteiger partial charge >= 0.3 is 0 Å². The average Bonchev–Trinajstić information content (AvgIpc) is 3.29. The van der Waals surface area contributed by atoms with Crippen molar-refractivity contribution in [1.82, 2.24) is 24.6 Å². The van der Waals surface area contributed by atoms with Crippen molar-refractivity contribution in [3.63, 3.8) is 0 Å². The number of rotatable bonds is 6. The van der Waals surface area contributed by atoms with Crippen molar-refractivity contribution in [3.8, 4) is 0 Å². The molecule has 7 heteroatoms. The highest BCUT2D eigenvalue weighted by Gasteiger charge is 2.25. The Kier molecular flexibility index (Phi) is 6.07. The summed E-state index contributed by atoms with van der Waals surface area (Å²) in [7, 11) is 0. The van der Waals surface area contributed by atoms with Crippen molar-refractivity contribution in [1.29, 1.82) is 0 Å². The molecule has 0 bridgehead atoms. The Morgan fingerprint density at radius 1 is 1.13 bits per heavy atom. The fourth-order valence-corrected chi connectivity index (χ4v) is 4.16. The first-order valence-corrected chi connectivity index (χ1v) is 10.5. The second-order valence-electron chi connectivity index (χ2n) is 7.96. The minimum atomic E-state index is -0.268. The summed E-state index contributed by atoms with van der Waals surface area (Å²) in [6, 6.07) is 12.3. The Labute approximate surface area is 175 Å². The van der Waals surface area contributed by atoms with Crippen LogP contribution in [0, 0.1) is 6.92 Å². The second kappa shape index (κ2) is 9.07. The first-order valence-electron chi connectivity index (χ1n) is 10.5. The van der Waals surface area contributed by atoms with Crippen molar-refractivity contribution < 1.29 is 4.79 Å². The van der Waals surface area contributed by atoms with Crippen molar-refractivity contribution in [3.05, 3.63) is 82.3 Å². The summed E-state index contributed by atoms with van der Waals surface area (Å²) in [5.41, 5.74) is 1.91. The van der Waals surface area contributed by atoms with E-state index in [1.54, 1.807) is 23.4 Å². The standard InChI is InChI=1S/C23H27N5O2/c1-17-11-13-27(14-12-18-5-3-2-4-6-18)23(30)21(17)22(29)26-19-7-9-20(10-8-19)28-16-24-15-25-28/h2-6,11,13,15-16,19-20H,7-10,12,14H2,1H3,(H,26,29). The number of pyridine rings is 1. The molecule has 2 heterocycles. The third-order valence-corrected chi connectivity index (χ3v) is 5.93. The fourth-order valence-electron chi connectivity index (χ4n) is 4.16. The number of hydrogen-bond acceptors (Lipinski definition) is 4. The molecule has 3 aromatic rings. The predicted octanol–water partition coefficient (Wildman–Crippen LogP) is 2.90. The van der Waals surface area contributed by atoms with Crippen LogP contribution >= 0.6 is 0 Å². The quantitative estimate of drug-likeness (QED) is 0.684. The molecule has 1 amide bonds. The maximum Gasteiger partial charge on any atom is 0.263 e. The van der Waals surface area contributed by atoms with E-state index in [0.29, 0.717) is 18.2 Å². The lowest BCUT2D eigenvalue weighted by Crippen LogP contribution is -2.41. The van der Waals surface area contributed by atoms with Crippen molar-refractivity contribution in [2.75, 3.05) is 0 Å². The van der Waals surface area contributed by atoms with Crippen LogP contribution in [-0.2, 0) is 13.0 Å². The Morgan fingerprint density at radius 3 is 2.60 bits per heavy atom. The first-order chi connectivity index (χ1) is 14.6. The van der Waals surface area contributed by atoms with E-state index < -0.39 is 0 Å². The molecule has 1 aliphatic carbocycles. The highest BCUT2D eigenvalue weighted by molar-refractivity contribution is 5.95. The van der Waals surface area contributed by atoms with Gasteiger partial charge in [-0.05, 0) is 56.2 Å². The summed E-state index contributed by atoms with van der Waals surface area (Å²) in [6.45, 7) is 2.37. The largest absolute Gasteiger partial charge is 0.349 e. The lowest BCUT2D eigenvalue weighted by atomic mass is 9.91. The van der Waals surface area contributed by atoms with E-state index in [4.69, 9.17) is 0 Å². The van der Waals surface area contributed by atoms with Crippen molar-refractivity contribution >= 4 is 5.91 Å². The van der Waals surface area contributed by atoms with E-state index in [2.05, 4.69) is 15.4 Å². The first kappa shape index (κ1) is 20.1. The molecule has 0 atom stereocenters. The monoisotopic (exact) mass is 405 g/mol. The molecule has 156 valence electrons. The number of benzene rings is 1. The van der Waals surface area contributed by atoms with E-state index in [0.717, 1.165) is 32.1 Å². The molecule has 1 aromatic carbocycles. The zero-order valence-corrected chi connectivity index (χ0v) is 17.2. The molecule has 0 radical (unpaired) electrons. The number of carbonyl (C=O) groups excluding carboxylic acids is 1. The van der Waals surface area contributed by atoms with Crippen LogP contribution in [0.2, 0.25) is 0 Å². The van der Waals surface area contributed by atoms with Gasteiger partial charge in [0.25, 0.3) is 11.5 Å². The number of aromatic nitrogens is 4. The summed E-state index contributed by atoms with van der Waals surface area (Å²) in [5, 5.41) is 7.31. The molecule has 1 N–H and O–H groups in total. The summed E-state index contributed by atoms with van der Waals surface area (Å²) in [6.07, 6.45) is 9.42. The topological polar surface area (TPSA) is 81.8 Å². The van der Waals surface area contributed by atoms with Gasteiger partial charge in [-0.25, -0.2) is 9.67 Å². The van der Waals surface area contributed by atoms with Gasteiger partial charge in [0.1, 0.15) is 18.2 Å². The van der Waals surface area contributed by atoms with Crippen LogP contribution < -0.4 is 10.9 Å². The van der Waals surface area contributed by atoms with Gasteiger partial charge in [0.2, 0.25) is 0 Å². The molecule has 30 heavy (non-hydrogen) atoms. The number of aryl methyl sites for hydroxylation is 3. The summed E-state index contributed by atoms with van der Waals surface area (Å²) < 4.78 is 3.53. The van der Waals surface area contributed by atoms with Crippen LogP contribution in [0.4, 0.5) is 0 Å². The molecule has 1 saturated carbocycles. The maximum atomic E-state index is 13.0. The lowest BCUT2D eigenvalue weighted by Gasteiger charge is -2.29. The zero-order valence-electron chi connectivity index (χ0n) is 17.2. The van der Waals surface area contributed by atoms with Gasteiger partial charge in [-0.3, -0.25) is 9.59 Å². The van der Waals surface area contributed by atoms with E-state index in [1.807, 2.05) is 48.0 Å². The summed E-state index contributed by atoms with van der Waals surface area (Å²) in [4.78, 5) is 29.9. The maximum absolute atomic E-state index is 13.0. The minimum Gasteiger partial charge on any atom is -0.349 e. The van der Waals surface area contributed by atoms with Gasteiger partial charge in [-0.1, -0.05) is 30.3 Å². The zero-order chi connectivity index (χ0) is 20.9. The smallest absolute Gasteiger partial charge is 0.263 e. The highest BCUT2D eigenvalue weighted by atomic mass is 16.2. The highest BCUT2D eigenvalue weighted by Crippen LogP contribution is 2.27. The van der Waals surface area contributed by atoms with E-state index in [9.17, 15) is 9.59 Å². The normalized spacial score (nSPS) is 18.8. The van der Waals surface area contributed by atoms with Crippen molar-refractivity contribution in [2.24, 2.45) is 0 Å². The second-order valence-corrected chi connectivity index (χ2v) is 7.96.